The second-order valence-electron chi connectivity index (χ2n) is 3.99. The van der Waals surface area contributed by atoms with E-state index < -0.39 is 17.5 Å². The lowest BCUT2D eigenvalue weighted by molar-refractivity contribution is -0.148. The molecule has 0 aliphatic carbocycles. The molecule has 0 aromatic carbocycles. The minimum atomic E-state index is -1.26. The number of hydrogen-bond donors (Lipinski definition) is 2. The number of allylic oxidation sites excluding steroid dienone is 1. The molecular weight excluding hydrogens is 224 g/mol. The minimum absolute atomic E-state index is 0.0956. The van der Waals surface area contributed by atoms with Crippen LogP contribution >= 0.6 is 0 Å². The van der Waals surface area contributed by atoms with E-state index in [2.05, 4.69) is 0 Å². The summed E-state index contributed by atoms with van der Waals surface area (Å²) in [6.07, 6.45) is 0.663. The van der Waals surface area contributed by atoms with Crippen molar-refractivity contribution in [3.63, 3.8) is 0 Å². The molecule has 0 bridgehead atoms. The molecule has 0 spiro atoms. The van der Waals surface area contributed by atoms with Gasteiger partial charge in [0.05, 0.1) is 6.07 Å². The Kier molecular flexibility index (Phi) is 3.73. The molecule has 1 atom stereocenters. The van der Waals surface area contributed by atoms with Crippen molar-refractivity contribution in [3.05, 3.63) is 11.6 Å². The SMILES string of the molecule is CCC1(C(=O)O)CN(C(=O)O)CC/C1=C\C#N. The maximum Gasteiger partial charge on any atom is 0.407 e. The highest BCUT2D eigenvalue weighted by molar-refractivity contribution is 5.80. The number of carbonyl (C=O) groups is 2. The van der Waals surface area contributed by atoms with E-state index in [0.29, 0.717) is 12.0 Å². The highest BCUT2D eigenvalue weighted by Gasteiger charge is 2.45. The number of carboxylic acids is 1. The third-order valence-electron chi connectivity index (χ3n) is 3.25. The molecule has 1 aliphatic rings. The van der Waals surface area contributed by atoms with Crippen molar-refractivity contribution >= 4 is 12.1 Å². The summed E-state index contributed by atoms with van der Waals surface area (Å²) in [5.74, 6) is -1.08. The highest BCUT2D eigenvalue weighted by atomic mass is 16.4. The molecule has 1 aliphatic heterocycles. The van der Waals surface area contributed by atoms with Gasteiger partial charge >= 0.3 is 12.1 Å². The average Bonchev–Trinajstić information content (AvgIpc) is 2.29. The van der Waals surface area contributed by atoms with Gasteiger partial charge in [-0.3, -0.25) is 4.79 Å². The smallest absolute Gasteiger partial charge is 0.407 e. The van der Waals surface area contributed by atoms with E-state index in [1.165, 1.54) is 6.08 Å². The van der Waals surface area contributed by atoms with Gasteiger partial charge in [0.2, 0.25) is 0 Å². The number of hydrogen-bond acceptors (Lipinski definition) is 3. The van der Waals surface area contributed by atoms with Crippen LogP contribution in [0.2, 0.25) is 0 Å². The molecule has 1 saturated heterocycles. The second-order valence-corrected chi connectivity index (χ2v) is 3.99. The molecule has 0 radical (unpaired) electrons. The topological polar surface area (TPSA) is 102 Å². The van der Waals surface area contributed by atoms with Crippen molar-refractivity contribution in [2.45, 2.75) is 19.8 Å². The van der Waals surface area contributed by atoms with Crippen LogP contribution in [0.5, 0.6) is 0 Å². The van der Waals surface area contributed by atoms with Crippen LogP contribution in [0.3, 0.4) is 0 Å². The van der Waals surface area contributed by atoms with E-state index in [1.807, 2.05) is 6.07 Å². The number of nitriles is 1. The summed E-state index contributed by atoms with van der Waals surface area (Å²) < 4.78 is 0. The lowest BCUT2D eigenvalue weighted by atomic mass is 9.73. The van der Waals surface area contributed by atoms with Crippen LogP contribution in [0.25, 0.3) is 0 Å². The Bertz CT molecular complexity index is 410. The maximum absolute atomic E-state index is 11.4. The van der Waals surface area contributed by atoms with Gasteiger partial charge in [0.25, 0.3) is 0 Å². The maximum atomic E-state index is 11.4. The van der Waals surface area contributed by atoms with Crippen LogP contribution in [0.15, 0.2) is 11.6 Å². The van der Waals surface area contributed by atoms with Crippen LogP contribution in [-0.4, -0.2) is 40.3 Å². The quantitative estimate of drug-likeness (QED) is 0.706. The largest absolute Gasteiger partial charge is 0.481 e. The highest BCUT2D eigenvalue weighted by Crippen LogP contribution is 2.38. The van der Waals surface area contributed by atoms with E-state index in [0.717, 1.165) is 4.90 Å². The van der Waals surface area contributed by atoms with Crippen molar-refractivity contribution in [2.24, 2.45) is 5.41 Å². The first kappa shape index (κ1) is 13.0. The van der Waals surface area contributed by atoms with Gasteiger partial charge in [-0.2, -0.15) is 5.26 Å². The molecule has 92 valence electrons. The lowest BCUT2D eigenvalue weighted by Gasteiger charge is -2.39. The molecule has 1 rings (SSSR count). The molecule has 2 N–H and O–H groups in total. The molecule has 0 aromatic rings. The number of aliphatic carboxylic acids is 1. The molecule has 0 aromatic heterocycles. The third kappa shape index (κ3) is 2.23. The van der Waals surface area contributed by atoms with Gasteiger partial charge < -0.3 is 15.1 Å². The third-order valence-corrected chi connectivity index (χ3v) is 3.25. The molecule has 6 heteroatoms. The molecule has 6 nitrogen and oxygen atoms in total. The summed E-state index contributed by atoms with van der Waals surface area (Å²) in [5, 5.41) is 26.9. The Hall–Kier alpha value is -2.03. The Labute approximate surface area is 98.8 Å². The van der Waals surface area contributed by atoms with Crippen LogP contribution < -0.4 is 0 Å². The number of nitrogens with zero attached hydrogens (tertiary/aromatic N) is 2. The predicted molar refractivity (Wildman–Crippen MR) is 58.3 cm³/mol. The summed E-state index contributed by atoms with van der Waals surface area (Å²) in [6, 6.07) is 1.83. The fraction of sp³-hybridized carbons (Fsp3) is 0.545. The molecule has 0 saturated carbocycles. The van der Waals surface area contributed by atoms with Crippen LogP contribution in [-0.2, 0) is 4.79 Å². The van der Waals surface area contributed by atoms with E-state index in [9.17, 15) is 14.7 Å². The first-order valence-corrected chi connectivity index (χ1v) is 5.28. The van der Waals surface area contributed by atoms with Gasteiger partial charge in [-0.25, -0.2) is 4.79 Å². The van der Waals surface area contributed by atoms with Crippen molar-refractivity contribution in [1.82, 2.24) is 4.90 Å². The van der Waals surface area contributed by atoms with E-state index >= 15 is 0 Å². The minimum Gasteiger partial charge on any atom is -0.481 e. The average molecular weight is 238 g/mol. The first-order chi connectivity index (χ1) is 7.97. The van der Waals surface area contributed by atoms with Crippen molar-refractivity contribution in [3.8, 4) is 6.07 Å². The monoisotopic (exact) mass is 238 g/mol. The molecular formula is C11H14N2O4. The summed E-state index contributed by atoms with van der Waals surface area (Å²) in [6.45, 7) is 1.82. The summed E-state index contributed by atoms with van der Waals surface area (Å²) in [4.78, 5) is 23.4. The molecule has 1 unspecified atom stereocenters. The number of likely N-dealkylation sites (tertiary alicyclic amines) is 1. The summed E-state index contributed by atoms with van der Waals surface area (Å²) >= 11 is 0. The Morgan fingerprint density at radius 2 is 2.24 bits per heavy atom. The fourth-order valence-corrected chi connectivity index (χ4v) is 2.15. The Morgan fingerprint density at radius 3 is 2.65 bits per heavy atom. The van der Waals surface area contributed by atoms with Gasteiger partial charge in [0.1, 0.15) is 5.41 Å². The number of piperidine rings is 1. The molecule has 1 amide bonds. The van der Waals surface area contributed by atoms with Crippen molar-refractivity contribution in [1.29, 1.82) is 5.26 Å². The summed E-state index contributed by atoms with van der Waals surface area (Å²) in [5.41, 5.74) is -0.751. The van der Waals surface area contributed by atoms with Gasteiger partial charge in [-0.15, -0.1) is 0 Å². The first-order valence-electron chi connectivity index (χ1n) is 5.28. The van der Waals surface area contributed by atoms with Gasteiger partial charge in [-0.05, 0) is 18.4 Å². The van der Waals surface area contributed by atoms with E-state index in [1.54, 1.807) is 6.92 Å². The zero-order chi connectivity index (χ0) is 13.1. The number of carboxylic acid groups (broad SMARTS) is 2. The van der Waals surface area contributed by atoms with Gasteiger partial charge in [0, 0.05) is 19.2 Å². The lowest BCUT2D eigenvalue weighted by Crippen LogP contribution is -2.50. The second kappa shape index (κ2) is 4.87. The Balaban J connectivity index is 3.15. The van der Waals surface area contributed by atoms with Crippen LogP contribution in [0.4, 0.5) is 4.79 Å². The van der Waals surface area contributed by atoms with Crippen LogP contribution in [0.1, 0.15) is 19.8 Å². The fourth-order valence-electron chi connectivity index (χ4n) is 2.15. The number of amides is 1. The van der Waals surface area contributed by atoms with Crippen molar-refractivity contribution in [2.75, 3.05) is 13.1 Å². The molecule has 1 fully saturated rings. The van der Waals surface area contributed by atoms with E-state index in [-0.39, 0.29) is 19.5 Å². The molecule has 1 heterocycles. The van der Waals surface area contributed by atoms with Crippen molar-refractivity contribution < 1.29 is 19.8 Å². The number of rotatable bonds is 2. The zero-order valence-electron chi connectivity index (χ0n) is 9.51. The van der Waals surface area contributed by atoms with Gasteiger partial charge in [0.15, 0.2) is 0 Å². The standard InChI is InChI=1S/C11H14N2O4/c1-2-11(9(14)15)7-13(10(16)17)6-4-8(11)3-5-12/h3H,2,4,6-7H2,1H3,(H,14,15)(H,16,17)/b8-3+. The van der Waals surface area contributed by atoms with Crippen LogP contribution in [0, 0.1) is 16.7 Å². The van der Waals surface area contributed by atoms with Gasteiger partial charge in [-0.1, -0.05) is 6.92 Å². The predicted octanol–water partition coefficient (Wildman–Crippen LogP) is 1.30. The van der Waals surface area contributed by atoms with E-state index in [4.69, 9.17) is 10.4 Å². The zero-order valence-corrected chi connectivity index (χ0v) is 9.51. The Morgan fingerprint density at radius 1 is 1.59 bits per heavy atom. The molecule has 17 heavy (non-hydrogen) atoms. The normalized spacial score (nSPS) is 26.6. The summed E-state index contributed by atoms with van der Waals surface area (Å²) in [7, 11) is 0.